The predicted molar refractivity (Wildman–Crippen MR) is 65.0 cm³/mol. The van der Waals surface area contributed by atoms with Crippen LogP contribution in [0.4, 0.5) is 0 Å². The molecule has 3 N–H and O–H groups in total. The van der Waals surface area contributed by atoms with Crippen LogP contribution in [0.3, 0.4) is 0 Å². The summed E-state index contributed by atoms with van der Waals surface area (Å²) in [5.74, 6) is 5.57. The minimum Gasteiger partial charge on any atom is -0.351 e. The first-order valence-electron chi connectivity index (χ1n) is 5.98. The van der Waals surface area contributed by atoms with Crippen molar-refractivity contribution in [1.82, 2.24) is 15.2 Å². The quantitative estimate of drug-likeness (QED) is 0.401. The van der Waals surface area contributed by atoms with Gasteiger partial charge in [0, 0.05) is 31.5 Å². The third-order valence-electron chi connectivity index (χ3n) is 2.45. The van der Waals surface area contributed by atoms with Gasteiger partial charge in [-0.2, -0.15) is 5.10 Å². The molecule has 0 aliphatic heterocycles. The van der Waals surface area contributed by atoms with Crippen LogP contribution >= 0.6 is 0 Å². The molecule has 1 heterocycles. The first kappa shape index (κ1) is 14.1. The first-order valence-corrected chi connectivity index (χ1v) is 5.98. The molecule has 6 nitrogen and oxygen atoms in total. The van der Waals surface area contributed by atoms with Crippen molar-refractivity contribution in [1.29, 1.82) is 0 Å². The van der Waals surface area contributed by atoms with Gasteiger partial charge in [-0.1, -0.05) is 0 Å². The lowest BCUT2D eigenvalue weighted by Crippen LogP contribution is -2.39. The van der Waals surface area contributed by atoms with E-state index in [2.05, 4.69) is 10.5 Å². The van der Waals surface area contributed by atoms with Gasteiger partial charge in [-0.3, -0.25) is 10.5 Å². The van der Waals surface area contributed by atoms with E-state index in [1.807, 2.05) is 31.6 Å². The van der Waals surface area contributed by atoms with E-state index >= 15 is 0 Å². The maximum absolute atomic E-state index is 5.57. The van der Waals surface area contributed by atoms with Gasteiger partial charge in [-0.05, 0) is 20.8 Å². The Labute approximate surface area is 102 Å². The van der Waals surface area contributed by atoms with E-state index in [0.717, 1.165) is 12.1 Å². The van der Waals surface area contributed by atoms with Crippen LogP contribution in [0.5, 0.6) is 0 Å². The van der Waals surface area contributed by atoms with Crippen molar-refractivity contribution in [3.8, 4) is 0 Å². The van der Waals surface area contributed by atoms with E-state index in [0.29, 0.717) is 13.2 Å². The number of rotatable bonds is 8. The van der Waals surface area contributed by atoms with Crippen LogP contribution in [0.2, 0.25) is 0 Å². The molecule has 1 aromatic rings. The number of hydrogen-bond acceptors (Lipinski definition) is 5. The van der Waals surface area contributed by atoms with Crippen molar-refractivity contribution in [2.45, 2.75) is 39.6 Å². The van der Waals surface area contributed by atoms with E-state index in [1.54, 1.807) is 6.20 Å². The number of nitrogens with one attached hydrogen (secondary N) is 1. The van der Waals surface area contributed by atoms with Gasteiger partial charge in [0.15, 0.2) is 6.29 Å². The predicted octanol–water partition coefficient (Wildman–Crippen LogP) is 0.807. The molecule has 0 bridgehead atoms. The number of nitrogens with two attached hydrogens (primary N) is 1. The monoisotopic (exact) mass is 242 g/mol. The molecule has 0 saturated heterocycles. The highest BCUT2D eigenvalue weighted by Crippen LogP contribution is 2.19. The summed E-state index contributed by atoms with van der Waals surface area (Å²) < 4.78 is 12.9. The van der Waals surface area contributed by atoms with Crippen LogP contribution in [0, 0.1) is 0 Å². The second kappa shape index (κ2) is 7.39. The Morgan fingerprint density at radius 1 is 1.35 bits per heavy atom. The zero-order chi connectivity index (χ0) is 12.7. The van der Waals surface area contributed by atoms with Crippen LogP contribution in [0.15, 0.2) is 12.4 Å². The highest BCUT2D eigenvalue weighted by Gasteiger charge is 2.24. The van der Waals surface area contributed by atoms with Gasteiger partial charge in [-0.15, -0.1) is 0 Å². The van der Waals surface area contributed by atoms with Gasteiger partial charge in [-0.25, -0.2) is 5.43 Å². The fraction of sp³-hybridized carbons (Fsp3) is 0.727. The summed E-state index contributed by atoms with van der Waals surface area (Å²) in [5, 5.41) is 4.22. The van der Waals surface area contributed by atoms with Gasteiger partial charge in [0.2, 0.25) is 0 Å². The average molecular weight is 242 g/mol. The Balaban J connectivity index is 2.79. The van der Waals surface area contributed by atoms with Gasteiger partial charge in [0.05, 0.1) is 12.2 Å². The van der Waals surface area contributed by atoms with Crippen molar-refractivity contribution >= 4 is 0 Å². The van der Waals surface area contributed by atoms with Crippen molar-refractivity contribution in [3.63, 3.8) is 0 Å². The number of aromatic nitrogens is 2. The molecule has 1 rings (SSSR count). The van der Waals surface area contributed by atoms with Crippen molar-refractivity contribution in [2.24, 2.45) is 5.84 Å². The summed E-state index contributed by atoms with van der Waals surface area (Å²) in [4.78, 5) is 0. The highest BCUT2D eigenvalue weighted by molar-refractivity contribution is 5.11. The smallest absolute Gasteiger partial charge is 0.178 e. The van der Waals surface area contributed by atoms with E-state index < -0.39 is 6.29 Å². The molecule has 0 fully saturated rings. The molecule has 0 saturated carbocycles. The lowest BCUT2D eigenvalue weighted by atomic mass is 10.1. The number of nitrogens with zero attached hydrogens (tertiary/aromatic N) is 2. The fourth-order valence-corrected chi connectivity index (χ4v) is 1.61. The highest BCUT2D eigenvalue weighted by atomic mass is 16.7. The Kier molecular flexibility index (Phi) is 6.13. The van der Waals surface area contributed by atoms with Gasteiger partial charge >= 0.3 is 0 Å². The lowest BCUT2D eigenvalue weighted by Gasteiger charge is -2.25. The second-order valence-electron chi connectivity index (χ2n) is 3.55. The molecular formula is C11H22N4O2. The standard InChI is InChI=1S/C11H22N4O2/c1-4-15-8-9(7-13-15)10(14-12)11(16-5-2)17-6-3/h7-8,10-11,14H,4-6,12H2,1-3H3. The molecule has 0 aliphatic carbocycles. The molecule has 0 aliphatic rings. The Bertz CT molecular complexity index is 310. The minimum absolute atomic E-state index is 0.213. The molecule has 6 heteroatoms. The van der Waals surface area contributed by atoms with Crippen LogP contribution < -0.4 is 11.3 Å². The normalized spacial score (nSPS) is 13.2. The Morgan fingerprint density at radius 3 is 2.41 bits per heavy atom. The van der Waals surface area contributed by atoms with E-state index in [-0.39, 0.29) is 6.04 Å². The molecule has 0 spiro atoms. The molecule has 1 atom stereocenters. The van der Waals surface area contributed by atoms with Crippen LogP contribution in [-0.4, -0.2) is 29.3 Å². The first-order chi connectivity index (χ1) is 8.26. The van der Waals surface area contributed by atoms with Gasteiger partial charge in [0.1, 0.15) is 0 Å². The van der Waals surface area contributed by atoms with Crippen LogP contribution in [0.1, 0.15) is 32.4 Å². The number of hydrazine groups is 1. The number of hydrogen-bond donors (Lipinski definition) is 2. The Morgan fingerprint density at radius 2 is 2.00 bits per heavy atom. The SMILES string of the molecule is CCOC(OCC)C(NN)c1cnn(CC)c1. The summed E-state index contributed by atoms with van der Waals surface area (Å²) in [5.41, 5.74) is 3.68. The maximum atomic E-state index is 5.57. The van der Waals surface area contributed by atoms with Crippen LogP contribution in [0.25, 0.3) is 0 Å². The molecular weight excluding hydrogens is 220 g/mol. The van der Waals surface area contributed by atoms with Crippen molar-refractivity contribution < 1.29 is 9.47 Å². The summed E-state index contributed by atoms with van der Waals surface area (Å²) in [6.45, 7) is 7.86. The van der Waals surface area contributed by atoms with Crippen LogP contribution in [-0.2, 0) is 16.0 Å². The zero-order valence-corrected chi connectivity index (χ0v) is 10.7. The van der Waals surface area contributed by atoms with Gasteiger partial charge < -0.3 is 9.47 Å². The van der Waals surface area contributed by atoms with E-state index in [4.69, 9.17) is 15.3 Å². The summed E-state index contributed by atoms with van der Waals surface area (Å²) in [6.07, 6.45) is 3.32. The summed E-state index contributed by atoms with van der Waals surface area (Å²) in [7, 11) is 0. The zero-order valence-electron chi connectivity index (χ0n) is 10.7. The molecule has 0 aromatic carbocycles. The van der Waals surface area contributed by atoms with Crippen molar-refractivity contribution in [2.75, 3.05) is 13.2 Å². The maximum Gasteiger partial charge on any atom is 0.178 e. The third kappa shape index (κ3) is 3.78. The fourth-order valence-electron chi connectivity index (χ4n) is 1.61. The Hall–Kier alpha value is -0.950. The molecule has 0 radical (unpaired) electrons. The van der Waals surface area contributed by atoms with E-state index in [1.165, 1.54) is 0 Å². The van der Waals surface area contributed by atoms with E-state index in [9.17, 15) is 0 Å². The second-order valence-corrected chi connectivity index (χ2v) is 3.55. The molecule has 1 unspecified atom stereocenters. The average Bonchev–Trinajstić information content (AvgIpc) is 2.79. The minimum atomic E-state index is -0.399. The topological polar surface area (TPSA) is 74.3 Å². The van der Waals surface area contributed by atoms with Gasteiger partial charge in [0.25, 0.3) is 0 Å². The van der Waals surface area contributed by atoms with Crippen molar-refractivity contribution in [3.05, 3.63) is 18.0 Å². The summed E-state index contributed by atoms with van der Waals surface area (Å²) >= 11 is 0. The largest absolute Gasteiger partial charge is 0.351 e. The molecule has 98 valence electrons. The lowest BCUT2D eigenvalue weighted by molar-refractivity contribution is -0.155. The molecule has 17 heavy (non-hydrogen) atoms. The number of aryl methyl sites for hydroxylation is 1. The third-order valence-corrected chi connectivity index (χ3v) is 2.45. The number of ether oxygens (including phenoxy) is 2. The molecule has 0 amide bonds. The summed E-state index contributed by atoms with van der Waals surface area (Å²) in [6, 6.07) is -0.213. The molecule has 1 aromatic heterocycles.